The Morgan fingerprint density at radius 2 is 2.10 bits per heavy atom. The third-order valence-electron chi connectivity index (χ3n) is 4.06. The molecule has 1 saturated heterocycles. The first-order valence-corrected chi connectivity index (χ1v) is 7.91. The summed E-state index contributed by atoms with van der Waals surface area (Å²) >= 11 is 3.40. The summed E-state index contributed by atoms with van der Waals surface area (Å²) in [5.41, 5.74) is 0.501. The summed E-state index contributed by atoms with van der Waals surface area (Å²) in [5, 5.41) is 0. The molecule has 5 heteroatoms. The van der Waals surface area contributed by atoms with Gasteiger partial charge < -0.3 is 9.80 Å². The van der Waals surface area contributed by atoms with Gasteiger partial charge >= 0.3 is 0 Å². The number of carbonyl (C=O) groups excluding carboxylic acids is 1. The van der Waals surface area contributed by atoms with Crippen LogP contribution in [0.2, 0.25) is 0 Å². The van der Waals surface area contributed by atoms with Gasteiger partial charge in [0, 0.05) is 42.9 Å². The van der Waals surface area contributed by atoms with E-state index in [1.165, 1.54) is 0 Å². The van der Waals surface area contributed by atoms with Gasteiger partial charge in [-0.05, 0) is 54.8 Å². The van der Waals surface area contributed by atoms with E-state index < -0.39 is 0 Å². The average molecular weight is 340 g/mol. The third-order valence-corrected chi connectivity index (χ3v) is 4.70. The molecule has 0 N–H and O–H groups in total. The highest BCUT2D eigenvalue weighted by molar-refractivity contribution is 9.10. The maximum Gasteiger partial charge on any atom is 0.273 e. The van der Waals surface area contributed by atoms with Crippen molar-refractivity contribution in [3.8, 4) is 0 Å². The average Bonchev–Trinajstić information content (AvgIpc) is 2.46. The molecule has 4 nitrogen and oxygen atoms in total. The van der Waals surface area contributed by atoms with Crippen molar-refractivity contribution in [1.29, 1.82) is 0 Å². The van der Waals surface area contributed by atoms with Crippen LogP contribution in [0.1, 0.15) is 37.2 Å². The van der Waals surface area contributed by atoms with E-state index in [4.69, 9.17) is 0 Å². The molecule has 0 aliphatic carbocycles. The van der Waals surface area contributed by atoms with E-state index in [-0.39, 0.29) is 5.91 Å². The van der Waals surface area contributed by atoms with Crippen LogP contribution in [-0.4, -0.2) is 52.9 Å². The fourth-order valence-electron chi connectivity index (χ4n) is 2.67. The number of hydrogen-bond donors (Lipinski definition) is 0. The van der Waals surface area contributed by atoms with Crippen molar-refractivity contribution in [2.24, 2.45) is 0 Å². The monoisotopic (exact) mass is 339 g/mol. The molecule has 0 saturated carbocycles. The molecule has 0 bridgehead atoms. The second kappa shape index (κ2) is 6.68. The molecule has 2 heterocycles. The summed E-state index contributed by atoms with van der Waals surface area (Å²) in [6, 6.07) is 4.57. The molecule has 1 aliphatic rings. The van der Waals surface area contributed by atoms with Crippen molar-refractivity contribution in [2.45, 2.75) is 38.8 Å². The highest BCUT2D eigenvalue weighted by Gasteiger charge is 2.27. The Bertz CT molecular complexity index is 470. The number of pyridine rings is 1. The van der Waals surface area contributed by atoms with Crippen LogP contribution in [0, 0.1) is 0 Å². The van der Waals surface area contributed by atoms with E-state index in [1.807, 2.05) is 24.1 Å². The number of amides is 1. The lowest BCUT2D eigenvalue weighted by atomic mass is 10.0. The van der Waals surface area contributed by atoms with Gasteiger partial charge in [-0.15, -0.1) is 0 Å². The second-order valence-electron chi connectivity index (χ2n) is 5.61. The van der Waals surface area contributed by atoms with E-state index in [2.05, 4.69) is 39.7 Å². The van der Waals surface area contributed by atoms with E-state index in [9.17, 15) is 4.79 Å². The number of piperidine rings is 1. The zero-order valence-electron chi connectivity index (χ0n) is 12.3. The maximum atomic E-state index is 12.5. The molecule has 1 fully saturated rings. The number of carbonyl (C=O) groups is 1. The van der Waals surface area contributed by atoms with Crippen LogP contribution in [0.25, 0.3) is 0 Å². The first-order valence-electron chi connectivity index (χ1n) is 7.12. The standard InChI is InChI=1S/C15H22BrN3O/c1-11(2)19-9-6-12(7-10-19)18(3)15(20)14-13(16)5-4-8-17-14/h4-5,8,11-12H,6-7,9-10H2,1-3H3. The molecule has 1 aromatic rings. The van der Waals surface area contributed by atoms with Gasteiger partial charge in [0.1, 0.15) is 5.69 Å². The number of hydrogen-bond acceptors (Lipinski definition) is 3. The fourth-order valence-corrected chi connectivity index (χ4v) is 3.09. The van der Waals surface area contributed by atoms with Crippen LogP contribution in [0.5, 0.6) is 0 Å². The summed E-state index contributed by atoms with van der Waals surface area (Å²) in [4.78, 5) is 21.0. The molecular formula is C15H22BrN3O. The molecule has 1 aliphatic heterocycles. The zero-order chi connectivity index (χ0) is 14.7. The van der Waals surface area contributed by atoms with Crippen molar-refractivity contribution in [1.82, 2.24) is 14.8 Å². The zero-order valence-corrected chi connectivity index (χ0v) is 13.9. The Hall–Kier alpha value is -0.940. The quantitative estimate of drug-likeness (QED) is 0.849. The summed E-state index contributed by atoms with van der Waals surface area (Å²) < 4.78 is 0.761. The molecular weight excluding hydrogens is 318 g/mol. The van der Waals surface area contributed by atoms with Crippen LogP contribution in [0.4, 0.5) is 0 Å². The maximum absolute atomic E-state index is 12.5. The minimum atomic E-state index is 0.000437. The largest absolute Gasteiger partial charge is 0.337 e. The molecule has 0 unspecified atom stereocenters. The van der Waals surface area contributed by atoms with E-state index >= 15 is 0 Å². The van der Waals surface area contributed by atoms with Crippen molar-refractivity contribution >= 4 is 21.8 Å². The topological polar surface area (TPSA) is 36.4 Å². The van der Waals surface area contributed by atoms with Crippen molar-refractivity contribution in [3.05, 3.63) is 28.5 Å². The van der Waals surface area contributed by atoms with Crippen LogP contribution < -0.4 is 0 Å². The third kappa shape index (κ3) is 3.38. The van der Waals surface area contributed by atoms with E-state index in [0.29, 0.717) is 17.8 Å². The summed E-state index contributed by atoms with van der Waals surface area (Å²) in [6.45, 7) is 6.56. The highest BCUT2D eigenvalue weighted by atomic mass is 79.9. The lowest BCUT2D eigenvalue weighted by Crippen LogP contribution is -2.47. The number of aromatic nitrogens is 1. The van der Waals surface area contributed by atoms with Gasteiger partial charge in [-0.1, -0.05) is 0 Å². The van der Waals surface area contributed by atoms with Crippen molar-refractivity contribution in [2.75, 3.05) is 20.1 Å². The lowest BCUT2D eigenvalue weighted by Gasteiger charge is -2.38. The normalized spacial score (nSPS) is 17.4. The highest BCUT2D eigenvalue weighted by Crippen LogP contribution is 2.21. The van der Waals surface area contributed by atoms with E-state index in [0.717, 1.165) is 30.4 Å². The number of rotatable bonds is 3. The molecule has 0 atom stereocenters. The molecule has 1 amide bonds. The van der Waals surface area contributed by atoms with Gasteiger partial charge in [-0.3, -0.25) is 4.79 Å². The number of halogens is 1. The molecule has 0 spiro atoms. The van der Waals surface area contributed by atoms with Crippen molar-refractivity contribution in [3.63, 3.8) is 0 Å². The fraction of sp³-hybridized carbons (Fsp3) is 0.600. The minimum Gasteiger partial charge on any atom is -0.337 e. The Labute approximate surface area is 129 Å². The van der Waals surface area contributed by atoms with E-state index in [1.54, 1.807) is 6.20 Å². The van der Waals surface area contributed by atoms with Gasteiger partial charge in [0.25, 0.3) is 5.91 Å². The Kier molecular flexibility index (Phi) is 5.16. The van der Waals surface area contributed by atoms with Crippen LogP contribution in [0.15, 0.2) is 22.8 Å². The van der Waals surface area contributed by atoms with Crippen LogP contribution in [0.3, 0.4) is 0 Å². The molecule has 20 heavy (non-hydrogen) atoms. The Morgan fingerprint density at radius 1 is 1.45 bits per heavy atom. The van der Waals surface area contributed by atoms with Crippen LogP contribution >= 0.6 is 15.9 Å². The molecule has 0 radical (unpaired) electrons. The van der Waals surface area contributed by atoms with Gasteiger partial charge in [0.2, 0.25) is 0 Å². The minimum absolute atomic E-state index is 0.000437. The lowest BCUT2D eigenvalue weighted by molar-refractivity contribution is 0.0609. The first-order chi connectivity index (χ1) is 9.50. The predicted molar refractivity (Wildman–Crippen MR) is 83.8 cm³/mol. The molecule has 0 aromatic carbocycles. The Morgan fingerprint density at radius 3 is 2.65 bits per heavy atom. The summed E-state index contributed by atoms with van der Waals surface area (Å²) in [5.74, 6) is 0.000437. The van der Waals surface area contributed by atoms with Gasteiger partial charge in [-0.2, -0.15) is 0 Å². The second-order valence-corrected chi connectivity index (χ2v) is 6.47. The van der Waals surface area contributed by atoms with Crippen LogP contribution in [-0.2, 0) is 0 Å². The summed E-state index contributed by atoms with van der Waals surface area (Å²) in [6.07, 6.45) is 3.73. The summed E-state index contributed by atoms with van der Waals surface area (Å²) in [7, 11) is 1.89. The van der Waals surface area contributed by atoms with Gasteiger partial charge in [-0.25, -0.2) is 4.98 Å². The van der Waals surface area contributed by atoms with Crippen molar-refractivity contribution < 1.29 is 4.79 Å². The first kappa shape index (κ1) is 15.4. The van der Waals surface area contributed by atoms with Gasteiger partial charge in [0.15, 0.2) is 0 Å². The smallest absolute Gasteiger partial charge is 0.273 e. The van der Waals surface area contributed by atoms with Gasteiger partial charge in [0.05, 0.1) is 0 Å². The predicted octanol–water partition coefficient (Wildman–Crippen LogP) is 2.79. The number of nitrogens with zero attached hydrogens (tertiary/aromatic N) is 3. The SMILES string of the molecule is CC(C)N1CCC(N(C)C(=O)c2ncccc2Br)CC1. The molecule has 1 aromatic heterocycles. The molecule has 110 valence electrons. The Balaban J connectivity index is 2.00. The molecule has 2 rings (SSSR count). The number of likely N-dealkylation sites (tertiary alicyclic amines) is 1.